The van der Waals surface area contributed by atoms with E-state index in [0.29, 0.717) is 11.3 Å². The first kappa shape index (κ1) is 13.2. The fraction of sp³-hybridized carbons (Fsp3) is 0.385. The molecule has 1 aromatic rings. The molecule has 1 aromatic carbocycles. The van der Waals surface area contributed by atoms with Crippen LogP contribution in [0.5, 0.6) is 5.75 Å². The molecule has 92 valence electrons. The summed E-state index contributed by atoms with van der Waals surface area (Å²) >= 11 is 0. The van der Waals surface area contributed by atoms with E-state index in [9.17, 15) is 9.59 Å². The Hall–Kier alpha value is -1.84. The number of Topliss-reactive ketones (excluding diaryl/α,β-unsaturated/α-hetero) is 1. The molecule has 0 amide bonds. The normalized spacial score (nSPS) is 9.82. The van der Waals surface area contributed by atoms with Crippen molar-refractivity contribution in [2.75, 3.05) is 13.7 Å². The average Bonchev–Trinajstić information content (AvgIpc) is 2.35. The summed E-state index contributed by atoms with van der Waals surface area (Å²) in [4.78, 5) is 22.4. The Balaban J connectivity index is 2.90. The van der Waals surface area contributed by atoms with E-state index < -0.39 is 5.97 Å². The van der Waals surface area contributed by atoms with E-state index in [4.69, 9.17) is 4.74 Å². The standard InChI is InChI=1S/C13H16O4/c1-4-10-5-6-12(11(7-10)9(2)14)17-8-13(15)16-3/h5-7H,4,8H2,1-3H3. The lowest BCUT2D eigenvalue weighted by Gasteiger charge is -2.10. The summed E-state index contributed by atoms with van der Waals surface area (Å²) in [5.74, 6) is -0.140. The van der Waals surface area contributed by atoms with Crippen molar-refractivity contribution in [2.24, 2.45) is 0 Å². The highest BCUT2D eigenvalue weighted by molar-refractivity contribution is 5.97. The molecule has 1 rings (SSSR count). The van der Waals surface area contributed by atoms with Crippen LogP contribution < -0.4 is 4.74 Å². The van der Waals surface area contributed by atoms with Crippen LogP contribution in [0.2, 0.25) is 0 Å². The fourth-order valence-electron chi connectivity index (χ4n) is 1.39. The van der Waals surface area contributed by atoms with Crippen LogP contribution in [0.25, 0.3) is 0 Å². The molecular formula is C13H16O4. The molecule has 0 fully saturated rings. The van der Waals surface area contributed by atoms with Gasteiger partial charge in [0.25, 0.3) is 0 Å². The lowest BCUT2D eigenvalue weighted by atomic mass is 10.1. The molecule has 4 nitrogen and oxygen atoms in total. The Morgan fingerprint density at radius 1 is 1.29 bits per heavy atom. The second-order valence-electron chi connectivity index (χ2n) is 3.61. The van der Waals surface area contributed by atoms with Crippen molar-refractivity contribution in [1.82, 2.24) is 0 Å². The van der Waals surface area contributed by atoms with Crippen molar-refractivity contribution >= 4 is 11.8 Å². The smallest absolute Gasteiger partial charge is 0.343 e. The van der Waals surface area contributed by atoms with Crippen LogP contribution in [0, 0.1) is 0 Å². The van der Waals surface area contributed by atoms with Gasteiger partial charge in [0.05, 0.1) is 12.7 Å². The van der Waals surface area contributed by atoms with Crippen LogP contribution in [0.1, 0.15) is 29.8 Å². The maximum atomic E-state index is 11.5. The molecule has 0 aromatic heterocycles. The van der Waals surface area contributed by atoms with Gasteiger partial charge < -0.3 is 9.47 Å². The van der Waals surface area contributed by atoms with Gasteiger partial charge in [-0.2, -0.15) is 0 Å². The van der Waals surface area contributed by atoms with E-state index in [1.807, 2.05) is 13.0 Å². The number of hydrogen-bond donors (Lipinski definition) is 0. The van der Waals surface area contributed by atoms with E-state index in [0.717, 1.165) is 12.0 Å². The second-order valence-corrected chi connectivity index (χ2v) is 3.61. The zero-order valence-corrected chi connectivity index (χ0v) is 10.3. The van der Waals surface area contributed by atoms with Gasteiger partial charge in [-0.15, -0.1) is 0 Å². The average molecular weight is 236 g/mol. The minimum Gasteiger partial charge on any atom is -0.481 e. The lowest BCUT2D eigenvalue weighted by molar-refractivity contribution is -0.142. The van der Waals surface area contributed by atoms with Crippen LogP contribution in [-0.4, -0.2) is 25.5 Å². The van der Waals surface area contributed by atoms with E-state index in [1.165, 1.54) is 14.0 Å². The van der Waals surface area contributed by atoms with Gasteiger partial charge in [-0.25, -0.2) is 4.79 Å². The summed E-state index contributed by atoms with van der Waals surface area (Å²) in [6, 6.07) is 5.37. The first-order chi connectivity index (χ1) is 8.08. The summed E-state index contributed by atoms with van der Waals surface area (Å²) < 4.78 is 9.72. The predicted octanol–water partition coefficient (Wildman–Crippen LogP) is 2.00. The molecule has 17 heavy (non-hydrogen) atoms. The van der Waals surface area contributed by atoms with Crippen LogP contribution >= 0.6 is 0 Å². The van der Waals surface area contributed by atoms with Crippen molar-refractivity contribution in [2.45, 2.75) is 20.3 Å². The summed E-state index contributed by atoms with van der Waals surface area (Å²) in [6.45, 7) is 3.29. The number of rotatable bonds is 5. The minimum atomic E-state index is -0.473. The van der Waals surface area contributed by atoms with Gasteiger partial charge in [-0.3, -0.25) is 4.79 Å². The number of ether oxygens (including phenoxy) is 2. The van der Waals surface area contributed by atoms with Gasteiger partial charge in [-0.05, 0) is 31.0 Å². The first-order valence-electron chi connectivity index (χ1n) is 5.42. The van der Waals surface area contributed by atoms with Crippen molar-refractivity contribution < 1.29 is 19.1 Å². The molecule has 0 heterocycles. The predicted molar refractivity (Wildman–Crippen MR) is 63.3 cm³/mol. The van der Waals surface area contributed by atoms with Crippen molar-refractivity contribution in [3.05, 3.63) is 29.3 Å². The molecule has 4 heteroatoms. The maximum Gasteiger partial charge on any atom is 0.343 e. The van der Waals surface area contributed by atoms with Gasteiger partial charge in [0.1, 0.15) is 5.75 Å². The molecule has 0 unspecified atom stereocenters. The van der Waals surface area contributed by atoms with E-state index in [-0.39, 0.29) is 12.4 Å². The third-order valence-electron chi connectivity index (χ3n) is 2.40. The van der Waals surface area contributed by atoms with Crippen molar-refractivity contribution in [3.63, 3.8) is 0 Å². The Bertz CT molecular complexity index is 423. The molecule has 0 N–H and O–H groups in total. The summed E-state index contributed by atoms with van der Waals surface area (Å²) in [6.07, 6.45) is 0.845. The van der Waals surface area contributed by atoms with Crippen molar-refractivity contribution in [3.8, 4) is 5.75 Å². The summed E-state index contributed by atoms with van der Waals surface area (Å²) in [5, 5.41) is 0. The lowest BCUT2D eigenvalue weighted by Crippen LogP contribution is -2.14. The number of carbonyl (C=O) groups is 2. The Kier molecular flexibility index (Phi) is 4.69. The topological polar surface area (TPSA) is 52.6 Å². The number of carbonyl (C=O) groups excluding carboxylic acids is 2. The Labute approximate surface area is 101 Å². The summed E-state index contributed by atoms with van der Waals surface area (Å²) in [7, 11) is 1.29. The molecule has 0 aliphatic heterocycles. The molecule has 0 saturated carbocycles. The highest BCUT2D eigenvalue weighted by atomic mass is 16.6. The molecule has 0 aliphatic carbocycles. The molecule has 0 atom stereocenters. The zero-order chi connectivity index (χ0) is 12.8. The van der Waals surface area contributed by atoms with Gasteiger partial charge >= 0.3 is 5.97 Å². The highest BCUT2D eigenvalue weighted by Gasteiger charge is 2.11. The second kappa shape index (κ2) is 6.03. The van der Waals surface area contributed by atoms with E-state index >= 15 is 0 Å². The third kappa shape index (κ3) is 3.59. The maximum absolute atomic E-state index is 11.5. The SMILES string of the molecule is CCc1ccc(OCC(=O)OC)c(C(C)=O)c1. The quantitative estimate of drug-likeness (QED) is 0.579. The third-order valence-corrected chi connectivity index (χ3v) is 2.40. The highest BCUT2D eigenvalue weighted by Crippen LogP contribution is 2.21. The van der Waals surface area contributed by atoms with E-state index in [2.05, 4.69) is 4.74 Å². The number of benzene rings is 1. The number of aryl methyl sites for hydroxylation is 1. The number of methoxy groups -OCH3 is 1. The summed E-state index contributed by atoms with van der Waals surface area (Å²) in [5.41, 5.74) is 1.55. The van der Waals surface area contributed by atoms with Crippen LogP contribution in [0.3, 0.4) is 0 Å². The molecule has 0 bridgehead atoms. The van der Waals surface area contributed by atoms with Crippen LogP contribution in [-0.2, 0) is 16.0 Å². The molecule has 0 saturated heterocycles. The molecule has 0 radical (unpaired) electrons. The number of esters is 1. The van der Waals surface area contributed by atoms with Gasteiger partial charge in [0.15, 0.2) is 12.4 Å². The molecular weight excluding hydrogens is 220 g/mol. The minimum absolute atomic E-state index is 0.0832. The first-order valence-corrected chi connectivity index (χ1v) is 5.42. The number of ketones is 1. The largest absolute Gasteiger partial charge is 0.481 e. The van der Waals surface area contributed by atoms with Gasteiger partial charge in [0.2, 0.25) is 0 Å². The molecule has 0 spiro atoms. The zero-order valence-electron chi connectivity index (χ0n) is 10.3. The van der Waals surface area contributed by atoms with Crippen molar-refractivity contribution in [1.29, 1.82) is 0 Å². The molecule has 0 aliphatic rings. The van der Waals surface area contributed by atoms with Crippen LogP contribution in [0.4, 0.5) is 0 Å². The van der Waals surface area contributed by atoms with Gasteiger partial charge in [0, 0.05) is 0 Å². The van der Waals surface area contributed by atoms with Gasteiger partial charge in [-0.1, -0.05) is 13.0 Å². The van der Waals surface area contributed by atoms with E-state index in [1.54, 1.807) is 12.1 Å². The monoisotopic (exact) mass is 236 g/mol. The Morgan fingerprint density at radius 3 is 2.53 bits per heavy atom. The fourth-order valence-corrected chi connectivity index (χ4v) is 1.39. The van der Waals surface area contributed by atoms with Crippen LogP contribution in [0.15, 0.2) is 18.2 Å². The number of hydrogen-bond acceptors (Lipinski definition) is 4. The Morgan fingerprint density at radius 2 is 2.00 bits per heavy atom.